The largest absolute Gasteiger partial charge is 0.495 e. The Labute approximate surface area is 221 Å². The number of methoxy groups -OCH3 is 1. The van der Waals surface area contributed by atoms with E-state index in [-0.39, 0.29) is 34.4 Å². The van der Waals surface area contributed by atoms with E-state index in [1.165, 1.54) is 37.2 Å². The average molecular weight is 545 g/mol. The van der Waals surface area contributed by atoms with Crippen LogP contribution >= 0.6 is 0 Å². The molecule has 0 aliphatic carbocycles. The zero-order valence-corrected chi connectivity index (χ0v) is 22.2. The zero-order chi connectivity index (χ0) is 27.7. The molecule has 0 saturated carbocycles. The molecule has 1 amide bonds. The molecule has 4 N–H and O–H groups in total. The number of pyridine rings is 1. The van der Waals surface area contributed by atoms with Crippen LogP contribution in [0.15, 0.2) is 70.7 Å². The maximum atomic E-state index is 13.9. The van der Waals surface area contributed by atoms with Crippen LogP contribution in [0.25, 0.3) is 0 Å². The number of hydrogen-bond donors (Lipinski definition) is 4. The molecule has 1 unspecified atom stereocenters. The third kappa shape index (κ3) is 7.12. The molecule has 3 rings (SSSR count). The van der Waals surface area contributed by atoms with Gasteiger partial charge >= 0.3 is 0 Å². The number of sulfone groups is 1. The quantitative estimate of drug-likeness (QED) is 0.186. The number of hydrogen-bond acceptors (Lipinski definition) is 10. The van der Waals surface area contributed by atoms with Crippen molar-refractivity contribution in [1.82, 2.24) is 10.4 Å². The highest BCUT2D eigenvalue weighted by Gasteiger charge is 2.31. The van der Waals surface area contributed by atoms with Crippen molar-refractivity contribution in [3.05, 3.63) is 66.5 Å². The fourth-order valence-electron chi connectivity index (χ4n) is 3.80. The minimum Gasteiger partial charge on any atom is -0.495 e. The zero-order valence-electron chi connectivity index (χ0n) is 21.4. The molecule has 1 atom stereocenters. The van der Waals surface area contributed by atoms with Crippen LogP contribution in [0, 0.1) is 6.92 Å². The number of benzene rings is 2. The number of aliphatic hydroxyl groups is 2. The van der Waals surface area contributed by atoms with Gasteiger partial charge in [-0.05, 0) is 42.8 Å². The van der Waals surface area contributed by atoms with Gasteiger partial charge in [-0.3, -0.25) is 20.2 Å². The van der Waals surface area contributed by atoms with Gasteiger partial charge in [0.05, 0.1) is 32.1 Å². The van der Waals surface area contributed by atoms with E-state index in [0.29, 0.717) is 17.9 Å². The number of rotatable bonds is 13. The number of ether oxygens (including phenoxy) is 2. The van der Waals surface area contributed by atoms with Crippen LogP contribution in [0.4, 0.5) is 11.4 Å². The second-order valence-electron chi connectivity index (χ2n) is 8.37. The highest BCUT2D eigenvalue weighted by molar-refractivity contribution is 7.91. The number of amides is 1. The normalized spacial score (nSPS) is 11.9. The summed E-state index contributed by atoms with van der Waals surface area (Å²) in [7, 11) is -2.80. The Kier molecular flexibility index (Phi) is 9.88. The lowest BCUT2D eigenvalue weighted by Gasteiger charge is -2.29. The van der Waals surface area contributed by atoms with Gasteiger partial charge < -0.3 is 25.0 Å². The number of hydrazine groups is 1. The van der Waals surface area contributed by atoms with Gasteiger partial charge in [0, 0.05) is 37.6 Å². The van der Waals surface area contributed by atoms with E-state index in [9.17, 15) is 23.4 Å². The molecular formula is C26H32N4O7S. The molecule has 0 aliphatic heterocycles. The van der Waals surface area contributed by atoms with Crippen molar-refractivity contribution < 1.29 is 32.9 Å². The third-order valence-electron chi connectivity index (χ3n) is 5.42. The summed E-state index contributed by atoms with van der Waals surface area (Å²) in [5.74, 6) is 0.00461. The van der Waals surface area contributed by atoms with Gasteiger partial charge in [-0.25, -0.2) is 8.42 Å². The summed E-state index contributed by atoms with van der Waals surface area (Å²) < 4.78 is 39.1. The lowest BCUT2D eigenvalue weighted by molar-refractivity contribution is -0.119. The Morgan fingerprint density at radius 3 is 2.53 bits per heavy atom. The van der Waals surface area contributed by atoms with E-state index in [1.807, 2.05) is 12.1 Å². The van der Waals surface area contributed by atoms with Crippen LogP contribution in [-0.2, 0) is 14.6 Å². The maximum Gasteiger partial charge on any atom is 0.235 e. The maximum absolute atomic E-state index is 13.9. The molecule has 1 aromatic heterocycles. The first-order valence-electron chi connectivity index (χ1n) is 11.8. The first-order valence-corrected chi connectivity index (χ1v) is 13.3. The van der Waals surface area contributed by atoms with Crippen LogP contribution in [-0.4, -0.2) is 69.0 Å². The smallest absolute Gasteiger partial charge is 0.235 e. The van der Waals surface area contributed by atoms with Gasteiger partial charge in [0.2, 0.25) is 15.7 Å². The Morgan fingerprint density at radius 2 is 1.87 bits per heavy atom. The summed E-state index contributed by atoms with van der Waals surface area (Å²) in [6.07, 6.45) is 2.06. The lowest BCUT2D eigenvalue weighted by Crippen LogP contribution is -2.47. The summed E-state index contributed by atoms with van der Waals surface area (Å²) in [5.41, 5.74) is 3.83. The van der Waals surface area contributed by atoms with Gasteiger partial charge in [0.15, 0.2) is 0 Å². The number of aliphatic hydroxyl groups excluding tert-OH is 2. The first kappa shape index (κ1) is 28.7. The Balaban J connectivity index is 2.05. The predicted molar refractivity (Wildman–Crippen MR) is 142 cm³/mol. The molecule has 0 aliphatic rings. The molecule has 12 heteroatoms. The molecule has 204 valence electrons. The van der Waals surface area contributed by atoms with Crippen molar-refractivity contribution >= 4 is 27.1 Å². The van der Waals surface area contributed by atoms with E-state index < -0.39 is 28.5 Å². The average Bonchev–Trinajstić information content (AvgIpc) is 2.90. The summed E-state index contributed by atoms with van der Waals surface area (Å²) in [4.78, 5) is 15.8. The van der Waals surface area contributed by atoms with Crippen molar-refractivity contribution in [2.45, 2.75) is 29.7 Å². The lowest BCUT2D eigenvalue weighted by atomic mass is 10.2. The molecule has 11 nitrogen and oxygen atoms in total. The third-order valence-corrected chi connectivity index (χ3v) is 7.41. The first-order chi connectivity index (χ1) is 18.2. The number of nitrogens with one attached hydrogen (secondary N) is 2. The van der Waals surface area contributed by atoms with Gasteiger partial charge in [-0.1, -0.05) is 12.1 Å². The van der Waals surface area contributed by atoms with Crippen molar-refractivity contribution in [2.24, 2.45) is 0 Å². The number of anilines is 2. The molecule has 0 radical (unpaired) electrons. The Hall–Kier alpha value is -3.87. The highest BCUT2D eigenvalue weighted by Crippen LogP contribution is 2.39. The SMILES string of the molecule is COc1ccccc1S(=O)(=O)c1c(C)cc(OCCNc2ccncc2)cc1N(CC(O)CO)NC(C)=O. The molecule has 0 bridgehead atoms. The summed E-state index contributed by atoms with van der Waals surface area (Å²) in [6, 6.07) is 12.9. The van der Waals surface area contributed by atoms with Gasteiger partial charge in [0.25, 0.3) is 0 Å². The number of aryl methyl sites for hydroxylation is 1. The number of carbonyl (C=O) groups is 1. The topological polar surface area (TPSA) is 150 Å². The molecule has 0 saturated heterocycles. The van der Waals surface area contributed by atoms with E-state index >= 15 is 0 Å². The summed E-state index contributed by atoms with van der Waals surface area (Å²) in [6.45, 7) is 2.70. The molecule has 3 aromatic rings. The van der Waals surface area contributed by atoms with Gasteiger partial charge in [0.1, 0.15) is 27.9 Å². The second-order valence-corrected chi connectivity index (χ2v) is 10.2. The van der Waals surface area contributed by atoms with Crippen LogP contribution in [0.1, 0.15) is 12.5 Å². The van der Waals surface area contributed by atoms with Gasteiger partial charge in [-0.15, -0.1) is 0 Å². The van der Waals surface area contributed by atoms with Crippen LogP contribution < -0.4 is 25.2 Å². The fourth-order valence-corrected chi connectivity index (χ4v) is 5.63. The van der Waals surface area contributed by atoms with E-state index in [2.05, 4.69) is 15.7 Å². The molecule has 2 aromatic carbocycles. The van der Waals surface area contributed by atoms with Crippen molar-refractivity contribution in [2.75, 3.05) is 43.7 Å². The number of aromatic nitrogens is 1. The van der Waals surface area contributed by atoms with Gasteiger partial charge in [-0.2, -0.15) is 0 Å². The summed E-state index contributed by atoms with van der Waals surface area (Å²) >= 11 is 0. The van der Waals surface area contributed by atoms with Crippen LogP contribution in [0.5, 0.6) is 11.5 Å². The minimum absolute atomic E-state index is 0.0625. The molecule has 1 heterocycles. The van der Waals surface area contributed by atoms with E-state index in [1.54, 1.807) is 37.5 Å². The predicted octanol–water partition coefficient (Wildman–Crippen LogP) is 1.93. The highest BCUT2D eigenvalue weighted by atomic mass is 32.2. The summed E-state index contributed by atoms with van der Waals surface area (Å²) in [5, 5.41) is 24.0. The van der Waals surface area contributed by atoms with Crippen LogP contribution in [0.2, 0.25) is 0 Å². The second kappa shape index (κ2) is 13.1. The minimum atomic E-state index is -4.18. The van der Waals surface area contributed by atoms with E-state index in [0.717, 1.165) is 5.69 Å². The number of nitrogens with zero attached hydrogens (tertiary/aromatic N) is 2. The Bertz CT molecular complexity index is 1340. The molecule has 0 fully saturated rings. The molecule has 0 spiro atoms. The number of para-hydroxylation sites is 1. The molecular weight excluding hydrogens is 512 g/mol. The van der Waals surface area contributed by atoms with Crippen molar-refractivity contribution in [3.8, 4) is 11.5 Å². The molecule has 38 heavy (non-hydrogen) atoms. The van der Waals surface area contributed by atoms with Crippen molar-refractivity contribution in [3.63, 3.8) is 0 Å². The Morgan fingerprint density at radius 1 is 1.16 bits per heavy atom. The monoisotopic (exact) mass is 544 g/mol. The van der Waals surface area contributed by atoms with Crippen molar-refractivity contribution in [1.29, 1.82) is 0 Å². The van der Waals surface area contributed by atoms with E-state index in [4.69, 9.17) is 9.47 Å². The number of carbonyl (C=O) groups excluding carboxylic acids is 1. The standard InChI is InChI=1S/C26H32N4O7S/c1-18-14-22(37-13-12-28-20-8-10-27-11-9-20)15-23(30(29-19(2)32)16-21(33)17-31)26(18)38(34,35)25-7-5-4-6-24(25)36-3/h4-11,14-15,21,31,33H,12-13,16-17H2,1-3H3,(H,27,28)(H,29,32). The fraction of sp³-hybridized carbons (Fsp3) is 0.308. The van der Waals surface area contributed by atoms with Crippen LogP contribution in [0.3, 0.4) is 0 Å².